The number of aliphatic hydroxyl groups is 2. The van der Waals surface area contributed by atoms with Crippen molar-refractivity contribution in [1.82, 2.24) is 10.6 Å². The molecule has 1 amide bonds. The van der Waals surface area contributed by atoms with E-state index in [0.717, 1.165) is 6.42 Å². The molecular formula is C10H22N2O4. The first kappa shape index (κ1) is 15.3. The Morgan fingerprint density at radius 2 is 2.19 bits per heavy atom. The van der Waals surface area contributed by atoms with Gasteiger partial charge in [0.05, 0.1) is 18.8 Å². The molecule has 0 bridgehead atoms. The molecule has 0 saturated heterocycles. The van der Waals surface area contributed by atoms with Gasteiger partial charge < -0.3 is 25.6 Å². The molecule has 6 heteroatoms. The Labute approximate surface area is 96.0 Å². The first-order chi connectivity index (χ1) is 7.52. The molecule has 0 aliphatic heterocycles. The topological polar surface area (TPSA) is 90.8 Å². The molecule has 0 radical (unpaired) electrons. The Bertz CT molecular complexity index is 197. The maximum absolute atomic E-state index is 11.2. The number of rotatable bonds is 9. The van der Waals surface area contributed by atoms with Crippen molar-refractivity contribution in [2.75, 3.05) is 40.0 Å². The number of amides is 1. The molecule has 16 heavy (non-hydrogen) atoms. The fourth-order valence-corrected chi connectivity index (χ4v) is 1.01. The molecule has 0 fully saturated rings. The molecule has 0 heterocycles. The Balaban J connectivity index is 3.44. The number of nitrogens with one attached hydrogen (secondary N) is 2. The van der Waals surface area contributed by atoms with Crippen molar-refractivity contribution in [3.8, 4) is 0 Å². The molecule has 0 aliphatic carbocycles. The van der Waals surface area contributed by atoms with Crippen molar-refractivity contribution in [3.05, 3.63) is 0 Å². The smallest absolute Gasteiger partial charge is 0.233 e. The number of carbonyl (C=O) groups excluding carboxylic acids is 1. The van der Waals surface area contributed by atoms with E-state index in [2.05, 4.69) is 10.6 Å². The summed E-state index contributed by atoms with van der Waals surface area (Å²) >= 11 is 0. The second-order valence-electron chi connectivity index (χ2n) is 3.95. The van der Waals surface area contributed by atoms with Crippen LogP contribution in [0.1, 0.15) is 13.3 Å². The van der Waals surface area contributed by atoms with Gasteiger partial charge in [0, 0.05) is 26.8 Å². The van der Waals surface area contributed by atoms with Crippen molar-refractivity contribution < 1.29 is 19.7 Å². The van der Waals surface area contributed by atoms with Crippen molar-refractivity contribution >= 4 is 5.91 Å². The molecule has 96 valence electrons. The van der Waals surface area contributed by atoms with E-state index in [0.29, 0.717) is 13.2 Å². The Morgan fingerprint density at radius 3 is 2.75 bits per heavy atom. The number of hydrogen-bond acceptors (Lipinski definition) is 5. The third kappa shape index (κ3) is 8.60. The third-order valence-electron chi connectivity index (χ3n) is 1.98. The van der Waals surface area contributed by atoms with Crippen LogP contribution < -0.4 is 10.6 Å². The van der Waals surface area contributed by atoms with Crippen molar-refractivity contribution in [2.45, 2.75) is 18.9 Å². The van der Waals surface area contributed by atoms with Crippen molar-refractivity contribution in [3.63, 3.8) is 0 Å². The van der Waals surface area contributed by atoms with E-state index in [1.54, 1.807) is 7.11 Å². The molecule has 6 nitrogen and oxygen atoms in total. The molecule has 0 spiro atoms. The van der Waals surface area contributed by atoms with Crippen LogP contribution in [0.5, 0.6) is 0 Å². The molecule has 4 N–H and O–H groups in total. The van der Waals surface area contributed by atoms with Crippen molar-refractivity contribution in [2.24, 2.45) is 0 Å². The van der Waals surface area contributed by atoms with Gasteiger partial charge in [-0.1, -0.05) is 0 Å². The Hall–Kier alpha value is -0.690. The average Bonchev–Trinajstić information content (AvgIpc) is 2.24. The zero-order valence-corrected chi connectivity index (χ0v) is 9.95. The summed E-state index contributed by atoms with van der Waals surface area (Å²) in [7, 11) is 1.61. The van der Waals surface area contributed by atoms with E-state index in [1.807, 2.05) is 0 Å². The molecular weight excluding hydrogens is 212 g/mol. The lowest BCUT2D eigenvalue weighted by Crippen LogP contribution is -2.44. The lowest BCUT2D eigenvalue weighted by molar-refractivity contribution is -0.120. The highest BCUT2D eigenvalue weighted by atomic mass is 16.5. The van der Waals surface area contributed by atoms with Crippen LogP contribution in [0.3, 0.4) is 0 Å². The molecule has 0 aromatic heterocycles. The van der Waals surface area contributed by atoms with E-state index < -0.39 is 5.60 Å². The minimum Gasteiger partial charge on any atom is -0.393 e. The number of carbonyl (C=O) groups is 1. The predicted octanol–water partition coefficient (Wildman–Crippen LogP) is -1.53. The summed E-state index contributed by atoms with van der Waals surface area (Å²) < 4.78 is 4.84. The highest BCUT2D eigenvalue weighted by Crippen LogP contribution is 1.97. The van der Waals surface area contributed by atoms with E-state index in [1.165, 1.54) is 6.92 Å². The SMILES string of the molecule is COCCCNC(=O)CNCC(C)(O)CO. The first-order valence-corrected chi connectivity index (χ1v) is 5.31. The minimum absolute atomic E-state index is 0.128. The lowest BCUT2D eigenvalue weighted by Gasteiger charge is -2.20. The van der Waals surface area contributed by atoms with E-state index in [9.17, 15) is 9.90 Å². The summed E-state index contributed by atoms with van der Waals surface area (Å²) in [4.78, 5) is 11.2. The normalized spacial score (nSPS) is 14.5. The van der Waals surface area contributed by atoms with Crippen molar-refractivity contribution in [1.29, 1.82) is 0 Å². The van der Waals surface area contributed by atoms with Gasteiger partial charge in [-0.05, 0) is 13.3 Å². The van der Waals surface area contributed by atoms with Crippen LogP contribution in [0.15, 0.2) is 0 Å². The van der Waals surface area contributed by atoms with Gasteiger partial charge in [-0.15, -0.1) is 0 Å². The lowest BCUT2D eigenvalue weighted by atomic mass is 10.1. The predicted molar refractivity (Wildman–Crippen MR) is 60.1 cm³/mol. The van der Waals surface area contributed by atoms with Crippen LogP contribution >= 0.6 is 0 Å². The fraction of sp³-hybridized carbons (Fsp3) is 0.900. The van der Waals surface area contributed by atoms with Crippen LogP contribution in [0, 0.1) is 0 Å². The maximum Gasteiger partial charge on any atom is 0.233 e. The summed E-state index contributed by atoms with van der Waals surface area (Å²) in [6.07, 6.45) is 0.774. The van der Waals surface area contributed by atoms with Gasteiger partial charge in [-0.2, -0.15) is 0 Å². The summed E-state index contributed by atoms with van der Waals surface area (Å²) in [6, 6.07) is 0. The summed E-state index contributed by atoms with van der Waals surface area (Å²) in [5.41, 5.74) is -1.18. The number of hydrogen-bond donors (Lipinski definition) is 4. The maximum atomic E-state index is 11.2. The molecule has 0 aliphatic rings. The number of aliphatic hydroxyl groups excluding tert-OH is 1. The summed E-state index contributed by atoms with van der Waals surface area (Å²) in [5.74, 6) is -0.134. The zero-order chi connectivity index (χ0) is 12.4. The molecule has 0 aromatic rings. The molecule has 1 unspecified atom stereocenters. The average molecular weight is 234 g/mol. The van der Waals surface area contributed by atoms with Gasteiger partial charge in [-0.3, -0.25) is 4.79 Å². The van der Waals surface area contributed by atoms with Gasteiger partial charge in [-0.25, -0.2) is 0 Å². The quantitative estimate of drug-likeness (QED) is 0.363. The van der Waals surface area contributed by atoms with Gasteiger partial charge >= 0.3 is 0 Å². The van der Waals surface area contributed by atoms with E-state index in [4.69, 9.17) is 9.84 Å². The summed E-state index contributed by atoms with van der Waals surface area (Å²) in [5, 5.41) is 23.6. The highest BCUT2D eigenvalue weighted by Gasteiger charge is 2.18. The van der Waals surface area contributed by atoms with Gasteiger partial charge in [0.15, 0.2) is 0 Å². The second-order valence-corrected chi connectivity index (χ2v) is 3.95. The van der Waals surface area contributed by atoms with Crippen LogP contribution in [0.2, 0.25) is 0 Å². The second kappa shape index (κ2) is 8.46. The summed E-state index contributed by atoms with van der Waals surface area (Å²) in [6.45, 7) is 2.65. The van der Waals surface area contributed by atoms with Gasteiger partial charge in [0.2, 0.25) is 5.91 Å². The Kier molecular flexibility index (Phi) is 8.10. The minimum atomic E-state index is -1.18. The highest BCUT2D eigenvalue weighted by molar-refractivity contribution is 5.77. The first-order valence-electron chi connectivity index (χ1n) is 5.31. The third-order valence-corrected chi connectivity index (χ3v) is 1.98. The van der Waals surface area contributed by atoms with E-state index in [-0.39, 0.29) is 25.6 Å². The van der Waals surface area contributed by atoms with Gasteiger partial charge in [0.1, 0.15) is 0 Å². The van der Waals surface area contributed by atoms with Crippen LogP contribution in [-0.2, 0) is 9.53 Å². The zero-order valence-electron chi connectivity index (χ0n) is 9.95. The molecule has 0 saturated carbocycles. The van der Waals surface area contributed by atoms with Crippen LogP contribution in [0.25, 0.3) is 0 Å². The standard InChI is InChI=1S/C10H22N2O4/c1-10(15,8-13)7-11-6-9(14)12-4-3-5-16-2/h11,13,15H,3-8H2,1-2H3,(H,12,14). The number of methoxy groups -OCH3 is 1. The largest absolute Gasteiger partial charge is 0.393 e. The Morgan fingerprint density at radius 1 is 1.50 bits per heavy atom. The monoisotopic (exact) mass is 234 g/mol. The van der Waals surface area contributed by atoms with Gasteiger partial charge in [0.25, 0.3) is 0 Å². The number of ether oxygens (including phenoxy) is 1. The molecule has 0 aromatic carbocycles. The molecule has 0 rings (SSSR count). The molecule has 1 atom stereocenters. The fourth-order valence-electron chi connectivity index (χ4n) is 1.01. The van der Waals surface area contributed by atoms with Crippen LogP contribution in [0.4, 0.5) is 0 Å². The van der Waals surface area contributed by atoms with E-state index >= 15 is 0 Å². The van der Waals surface area contributed by atoms with Crippen LogP contribution in [-0.4, -0.2) is 61.7 Å².